The molecular formula is C6H15N3. The van der Waals surface area contributed by atoms with Gasteiger partial charge in [-0.25, -0.2) is 0 Å². The summed E-state index contributed by atoms with van der Waals surface area (Å²) in [5, 5.41) is 0. The summed E-state index contributed by atoms with van der Waals surface area (Å²) in [7, 11) is 2.16. The van der Waals surface area contributed by atoms with Crippen LogP contribution in [0.3, 0.4) is 0 Å². The molecule has 1 aliphatic heterocycles. The van der Waals surface area contributed by atoms with E-state index in [1.165, 1.54) is 19.4 Å². The van der Waals surface area contributed by atoms with Crippen molar-refractivity contribution in [1.29, 1.82) is 0 Å². The fourth-order valence-corrected chi connectivity index (χ4v) is 1.18. The molecule has 0 aromatic rings. The van der Waals surface area contributed by atoms with Gasteiger partial charge in [-0.05, 0) is 26.4 Å². The summed E-state index contributed by atoms with van der Waals surface area (Å²) in [5.41, 5.74) is 2.66. The fraction of sp³-hybridized carbons (Fsp3) is 1.00. The van der Waals surface area contributed by atoms with Crippen molar-refractivity contribution in [2.75, 3.05) is 20.1 Å². The molecule has 1 rings (SSSR count). The third-order valence-electron chi connectivity index (χ3n) is 2.06. The number of nitrogens with two attached hydrogens (primary N) is 1. The molecule has 1 saturated heterocycles. The first-order valence-corrected chi connectivity index (χ1v) is 3.48. The summed E-state index contributed by atoms with van der Waals surface area (Å²) in [6.45, 7) is 2.20. The Morgan fingerprint density at radius 1 is 1.78 bits per heavy atom. The minimum absolute atomic E-state index is 0.793. The van der Waals surface area contributed by atoms with Gasteiger partial charge in [-0.2, -0.15) is 0 Å². The Morgan fingerprint density at radius 2 is 2.56 bits per heavy atom. The molecule has 1 aliphatic rings. The first-order chi connectivity index (χ1) is 4.34. The minimum Gasteiger partial charge on any atom is -0.303 e. The van der Waals surface area contributed by atoms with Crippen molar-refractivity contribution in [3.8, 4) is 0 Å². The van der Waals surface area contributed by atoms with Gasteiger partial charge in [0.2, 0.25) is 0 Å². The van der Waals surface area contributed by atoms with E-state index in [0.717, 1.165) is 12.6 Å². The van der Waals surface area contributed by atoms with Gasteiger partial charge in [-0.15, -0.1) is 0 Å². The third-order valence-corrected chi connectivity index (χ3v) is 2.06. The van der Waals surface area contributed by atoms with Gasteiger partial charge in [-0.1, -0.05) is 0 Å². The molecule has 1 fully saturated rings. The van der Waals surface area contributed by atoms with Gasteiger partial charge in [-0.3, -0.25) is 11.3 Å². The van der Waals surface area contributed by atoms with Gasteiger partial charge in [0.1, 0.15) is 0 Å². The van der Waals surface area contributed by atoms with Crippen molar-refractivity contribution in [2.45, 2.75) is 18.9 Å². The van der Waals surface area contributed by atoms with E-state index in [0.29, 0.717) is 0 Å². The van der Waals surface area contributed by atoms with E-state index >= 15 is 0 Å². The average Bonchev–Trinajstić information content (AvgIpc) is 1.86. The first-order valence-electron chi connectivity index (χ1n) is 3.48. The quantitative estimate of drug-likeness (QED) is 0.400. The molecule has 0 aromatic heterocycles. The largest absolute Gasteiger partial charge is 0.303 e. The van der Waals surface area contributed by atoms with Gasteiger partial charge in [0.15, 0.2) is 0 Å². The molecule has 0 aromatic carbocycles. The van der Waals surface area contributed by atoms with Crippen LogP contribution in [0.2, 0.25) is 0 Å². The van der Waals surface area contributed by atoms with Gasteiger partial charge in [0, 0.05) is 12.6 Å². The predicted octanol–water partition coefficient (Wildman–Crippen LogP) is -0.456. The smallest absolute Gasteiger partial charge is 0.0117 e. The van der Waals surface area contributed by atoms with Gasteiger partial charge in [0.05, 0.1) is 0 Å². The molecular weight excluding hydrogens is 114 g/mol. The zero-order valence-corrected chi connectivity index (χ0v) is 5.93. The van der Waals surface area contributed by atoms with Crippen LogP contribution < -0.4 is 11.3 Å². The summed E-state index contributed by atoms with van der Waals surface area (Å²) in [5.74, 6) is 5.13. The maximum Gasteiger partial charge on any atom is 0.0117 e. The summed E-state index contributed by atoms with van der Waals surface area (Å²) in [6, 6.07) is 0.793. The monoisotopic (exact) mass is 129 g/mol. The van der Waals surface area contributed by atoms with Crippen molar-refractivity contribution in [2.24, 2.45) is 5.84 Å². The maximum atomic E-state index is 5.13. The van der Waals surface area contributed by atoms with Gasteiger partial charge >= 0.3 is 0 Å². The van der Waals surface area contributed by atoms with Gasteiger partial charge < -0.3 is 4.90 Å². The third kappa shape index (κ3) is 1.64. The average molecular weight is 129 g/mol. The number of nitrogens with one attached hydrogen (secondary N) is 1. The van der Waals surface area contributed by atoms with Crippen LogP contribution in [0.25, 0.3) is 0 Å². The van der Waals surface area contributed by atoms with E-state index in [1.54, 1.807) is 0 Å². The lowest BCUT2D eigenvalue weighted by Gasteiger charge is -2.37. The molecule has 1 heterocycles. The van der Waals surface area contributed by atoms with Crippen molar-refractivity contribution in [3.63, 3.8) is 0 Å². The molecule has 0 amide bonds. The van der Waals surface area contributed by atoms with E-state index in [9.17, 15) is 0 Å². The second kappa shape index (κ2) is 3.15. The van der Waals surface area contributed by atoms with Crippen LogP contribution in [0.1, 0.15) is 12.8 Å². The highest BCUT2D eigenvalue weighted by Crippen LogP contribution is 2.16. The van der Waals surface area contributed by atoms with Crippen LogP contribution in [0, 0.1) is 0 Å². The van der Waals surface area contributed by atoms with E-state index in [4.69, 9.17) is 5.84 Å². The number of rotatable bonds is 3. The Kier molecular flexibility index (Phi) is 2.45. The first kappa shape index (κ1) is 6.99. The Balaban J connectivity index is 1.99. The van der Waals surface area contributed by atoms with E-state index < -0.39 is 0 Å². The number of hydrogen-bond acceptors (Lipinski definition) is 3. The Morgan fingerprint density at radius 3 is 2.89 bits per heavy atom. The van der Waals surface area contributed by atoms with E-state index in [1.807, 2.05) is 0 Å². The lowest BCUT2D eigenvalue weighted by Crippen LogP contribution is -2.46. The summed E-state index contributed by atoms with van der Waals surface area (Å²) < 4.78 is 0. The normalized spacial score (nSPS) is 28.0. The lowest BCUT2D eigenvalue weighted by atomic mass is 10.0. The molecule has 0 bridgehead atoms. The molecule has 9 heavy (non-hydrogen) atoms. The van der Waals surface area contributed by atoms with Crippen LogP contribution in [-0.2, 0) is 0 Å². The minimum atomic E-state index is 0.793. The van der Waals surface area contributed by atoms with Crippen LogP contribution in [0.4, 0.5) is 0 Å². The standard InChI is InChI=1S/C6H15N3/c1-9-5-3-6(9)2-4-8-7/h6,8H,2-5,7H2,1H3. The van der Waals surface area contributed by atoms with Crippen LogP contribution in [0.15, 0.2) is 0 Å². The SMILES string of the molecule is CN1CCC1CCNN. The number of hydrogen-bond donors (Lipinski definition) is 2. The molecule has 0 radical (unpaired) electrons. The van der Waals surface area contributed by atoms with Crippen LogP contribution >= 0.6 is 0 Å². The molecule has 54 valence electrons. The van der Waals surface area contributed by atoms with Crippen molar-refractivity contribution >= 4 is 0 Å². The zero-order chi connectivity index (χ0) is 6.69. The van der Waals surface area contributed by atoms with E-state index in [2.05, 4.69) is 17.4 Å². The van der Waals surface area contributed by atoms with Gasteiger partial charge in [0.25, 0.3) is 0 Å². The number of hydrazine groups is 1. The summed E-state index contributed by atoms with van der Waals surface area (Å²) in [4.78, 5) is 2.36. The molecule has 3 N–H and O–H groups in total. The second-order valence-electron chi connectivity index (χ2n) is 2.67. The maximum absolute atomic E-state index is 5.13. The van der Waals surface area contributed by atoms with Crippen molar-refractivity contribution in [1.82, 2.24) is 10.3 Å². The van der Waals surface area contributed by atoms with Crippen molar-refractivity contribution in [3.05, 3.63) is 0 Å². The second-order valence-corrected chi connectivity index (χ2v) is 2.67. The highest BCUT2D eigenvalue weighted by molar-refractivity contribution is 4.79. The topological polar surface area (TPSA) is 41.3 Å². The van der Waals surface area contributed by atoms with Crippen LogP contribution in [0.5, 0.6) is 0 Å². The molecule has 1 atom stereocenters. The fourth-order valence-electron chi connectivity index (χ4n) is 1.18. The highest BCUT2D eigenvalue weighted by atomic mass is 15.2. The molecule has 0 spiro atoms. The summed E-state index contributed by atoms with van der Waals surface area (Å²) in [6.07, 6.45) is 2.53. The predicted molar refractivity (Wildman–Crippen MR) is 37.8 cm³/mol. The highest BCUT2D eigenvalue weighted by Gasteiger charge is 2.22. The molecule has 0 aliphatic carbocycles. The Bertz CT molecular complexity index is 84.4. The van der Waals surface area contributed by atoms with Crippen molar-refractivity contribution < 1.29 is 0 Å². The number of nitrogens with zero attached hydrogens (tertiary/aromatic N) is 1. The molecule has 0 saturated carbocycles. The molecule has 3 heteroatoms. The zero-order valence-electron chi connectivity index (χ0n) is 5.93. The Hall–Kier alpha value is -0.120. The van der Waals surface area contributed by atoms with Crippen LogP contribution in [-0.4, -0.2) is 31.1 Å². The number of likely N-dealkylation sites (tertiary alicyclic amines) is 1. The molecule has 3 nitrogen and oxygen atoms in total. The van der Waals surface area contributed by atoms with E-state index in [-0.39, 0.29) is 0 Å². The summed E-state index contributed by atoms with van der Waals surface area (Å²) >= 11 is 0. The Labute approximate surface area is 56.2 Å². The lowest BCUT2D eigenvalue weighted by molar-refractivity contribution is 0.118. The molecule has 1 unspecified atom stereocenters.